The molecular formula is C19H24N2O2. The normalized spacial score (nSPS) is 16.6. The molecule has 2 aromatic rings. The lowest BCUT2D eigenvalue weighted by molar-refractivity contribution is 0.0480. The van der Waals surface area contributed by atoms with E-state index in [-0.39, 0.29) is 5.97 Å². The fraction of sp³-hybridized carbons (Fsp3) is 0.421. The van der Waals surface area contributed by atoms with Gasteiger partial charge in [0, 0.05) is 32.7 Å². The maximum Gasteiger partial charge on any atom is 0.338 e. The number of fused-ring (bicyclic) bond motifs is 1. The second-order valence-electron chi connectivity index (χ2n) is 6.20. The largest absolute Gasteiger partial charge is 0.462 e. The molecular weight excluding hydrogens is 288 g/mol. The van der Waals surface area contributed by atoms with Gasteiger partial charge >= 0.3 is 5.97 Å². The smallest absolute Gasteiger partial charge is 0.338 e. The molecule has 0 aliphatic carbocycles. The van der Waals surface area contributed by atoms with E-state index in [4.69, 9.17) is 4.74 Å². The van der Waals surface area contributed by atoms with E-state index in [9.17, 15) is 4.79 Å². The Morgan fingerprint density at radius 2 is 1.78 bits per heavy atom. The van der Waals surface area contributed by atoms with Crippen molar-refractivity contribution in [3.63, 3.8) is 0 Å². The summed E-state index contributed by atoms with van der Waals surface area (Å²) in [6.07, 6.45) is 0.892. The Hall–Kier alpha value is -1.91. The van der Waals surface area contributed by atoms with Crippen molar-refractivity contribution in [3.05, 3.63) is 48.0 Å². The molecule has 0 N–H and O–H groups in total. The Balaban J connectivity index is 1.45. The number of nitrogens with zero attached hydrogens (tertiary/aromatic N) is 2. The highest BCUT2D eigenvalue weighted by atomic mass is 16.5. The van der Waals surface area contributed by atoms with Crippen LogP contribution in [0.2, 0.25) is 0 Å². The first kappa shape index (κ1) is 16.0. The molecule has 0 saturated carbocycles. The van der Waals surface area contributed by atoms with Crippen LogP contribution in [-0.2, 0) is 4.74 Å². The van der Waals surface area contributed by atoms with Crippen LogP contribution in [0, 0.1) is 0 Å². The molecule has 0 amide bonds. The molecule has 1 heterocycles. The highest BCUT2D eigenvalue weighted by Gasteiger charge is 2.13. The Bertz CT molecular complexity index is 663. The van der Waals surface area contributed by atoms with E-state index in [1.165, 1.54) is 0 Å². The number of carbonyl (C=O) groups excluding carboxylic acids is 1. The average Bonchev–Trinajstić information content (AvgIpc) is 2.59. The summed E-state index contributed by atoms with van der Waals surface area (Å²) < 4.78 is 5.41. The first-order valence-corrected chi connectivity index (χ1v) is 8.29. The van der Waals surface area contributed by atoms with Crippen LogP contribution in [0.1, 0.15) is 16.8 Å². The molecule has 0 radical (unpaired) electrons. The van der Waals surface area contributed by atoms with Gasteiger partial charge in [-0.05, 0) is 36.4 Å². The number of hydrogen-bond acceptors (Lipinski definition) is 4. The van der Waals surface area contributed by atoms with Crippen LogP contribution in [-0.4, -0.2) is 62.1 Å². The van der Waals surface area contributed by atoms with Crippen LogP contribution in [0.15, 0.2) is 42.5 Å². The minimum Gasteiger partial charge on any atom is -0.462 e. The molecule has 1 aliphatic rings. The highest BCUT2D eigenvalue weighted by molar-refractivity contribution is 5.95. The molecule has 122 valence electrons. The maximum absolute atomic E-state index is 12.1. The minimum absolute atomic E-state index is 0.228. The van der Waals surface area contributed by atoms with Gasteiger partial charge in [-0.1, -0.05) is 30.3 Å². The van der Waals surface area contributed by atoms with Crippen LogP contribution in [0.25, 0.3) is 10.8 Å². The van der Waals surface area contributed by atoms with Crippen molar-refractivity contribution < 1.29 is 9.53 Å². The van der Waals surface area contributed by atoms with Crippen LogP contribution in [0.4, 0.5) is 0 Å². The van der Waals surface area contributed by atoms with E-state index in [0.29, 0.717) is 12.2 Å². The maximum atomic E-state index is 12.1. The van der Waals surface area contributed by atoms with Crippen molar-refractivity contribution >= 4 is 16.7 Å². The second-order valence-corrected chi connectivity index (χ2v) is 6.20. The van der Waals surface area contributed by atoms with Crippen LogP contribution < -0.4 is 0 Å². The number of esters is 1. The van der Waals surface area contributed by atoms with E-state index < -0.39 is 0 Å². The lowest BCUT2D eigenvalue weighted by Crippen LogP contribution is -2.44. The molecule has 1 aliphatic heterocycles. The lowest BCUT2D eigenvalue weighted by Gasteiger charge is -2.32. The highest BCUT2D eigenvalue weighted by Crippen LogP contribution is 2.16. The number of ether oxygens (including phenoxy) is 1. The molecule has 0 atom stereocenters. The van der Waals surface area contributed by atoms with Gasteiger partial charge in [0.2, 0.25) is 0 Å². The lowest BCUT2D eigenvalue weighted by atomic mass is 10.1. The molecule has 2 aromatic carbocycles. The van der Waals surface area contributed by atoms with Gasteiger partial charge in [0.25, 0.3) is 0 Å². The molecule has 0 aromatic heterocycles. The molecule has 4 heteroatoms. The van der Waals surface area contributed by atoms with Crippen molar-refractivity contribution in [3.8, 4) is 0 Å². The number of carbonyl (C=O) groups is 1. The third-order valence-corrected chi connectivity index (χ3v) is 4.43. The predicted octanol–water partition coefficient (Wildman–Crippen LogP) is 2.63. The predicted molar refractivity (Wildman–Crippen MR) is 92.8 cm³/mol. The fourth-order valence-electron chi connectivity index (χ4n) is 2.92. The summed E-state index contributed by atoms with van der Waals surface area (Å²) in [5.74, 6) is -0.228. The first-order chi connectivity index (χ1) is 11.2. The van der Waals surface area contributed by atoms with Crippen LogP contribution >= 0.6 is 0 Å². The van der Waals surface area contributed by atoms with Gasteiger partial charge in [0.05, 0.1) is 12.2 Å². The Kier molecular flexibility index (Phi) is 5.26. The third kappa shape index (κ3) is 4.30. The Morgan fingerprint density at radius 3 is 2.57 bits per heavy atom. The van der Waals surface area contributed by atoms with E-state index in [2.05, 4.69) is 16.8 Å². The number of benzene rings is 2. The average molecular weight is 312 g/mol. The SMILES string of the molecule is CN1CCN(CCCOC(=O)c2ccc3ccccc3c2)CC1. The summed E-state index contributed by atoms with van der Waals surface area (Å²) >= 11 is 0. The monoisotopic (exact) mass is 312 g/mol. The van der Waals surface area contributed by atoms with E-state index >= 15 is 0 Å². The van der Waals surface area contributed by atoms with Crippen LogP contribution in [0.5, 0.6) is 0 Å². The zero-order valence-corrected chi connectivity index (χ0v) is 13.7. The van der Waals surface area contributed by atoms with Gasteiger partial charge in [-0.2, -0.15) is 0 Å². The zero-order chi connectivity index (χ0) is 16.1. The summed E-state index contributed by atoms with van der Waals surface area (Å²) in [6, 6.07) is 13.7. The van der Waals surface area contributed by atoms with Gasteiger partial charge in [0.1, 0.15) is 0 Å². The number of piperazine rings is 1. The number of hydrogen-bond donors (Lipinski definition) is 0. The summed E-state index contributed by atoms with van der Waals surface area (Å²) in [7, 11) is 2.16. The summed E-state index contributed by atoms with van der Waals surface area (Å²) in [5, 5.41) is 2.21. The summed E-state index contributed by atoms with van der Waals surface area (Å²) in [5.41, 5.74) is 0.628. The van der Waals surface area contributed by atoms with E-state index in [1.807, 2.05) is 42.5 Å². The second kappa shape index (κ2) is 7.57. The van der Waals surface area contributed by atoms with E-state index in [0.717, 1.165) is 49.9 Å². The van der Waals surface area contributed by atoms with Gasteiger partial charge in [-0.3, -0.25) is 0 Å². The Labute approximate surface area is 137 Å². The summed E-state index contributed by atoms with van der Waals surface area (Å²) in [6.45, 7) is 5.94. The molecule has 3 rings (SSSR count). The minimum atomic E-state index is -0.228. The van der Waals surface area contributed by atoms with E-state index in [1.54, 1.807) is 0 Å². The first-order valence-electron chi connectivity index (χ1n) is 8.29. The van der Waals surface area contributed by atoms with Crippen molar-refractivity contribution in [1.29, 1.82) is 0 Å². The van der Waals surface area contributed by atoms with Crippen molar-refractivity contribution in [2.24, 2.45) is 0 Å². The number of rotatable bonds is 5. The van der Waals surface area contributed by atoms with Crippen molar-refractivity contribution in [2.75, 3.05) is 46.4 Å². The van der Waals surface area contributed by atoms with Gasteiger partial charge < -0.3 is 14.5 Å². The van der Waals surface area contributed by atoms with Crippen molar-refractivity contribution in [2.45, 2.75) is 6.42 Å². The van der Waals surface area contributed by atoms with Crippen LogP contribution in [0.3, 0.4) is 0 Å². The quantitative estimate of drug-likeness (QED) is 0.628. The van der Waals surface area contributed by atoms with Gasteiger partial charge in [-0.15, -0.1) is 0 Å². The number of likely N-dealkylation sites (N-methyl/N-ethyl adjacent to an activating group) is 1. The molecule has 0 unspecified atom stereocenters. The molecule has 0 bridgehead atoms. The molecule has 23 heavy (non-hydrogen) atoms. The Morgan fingerprint density at radius 1 is 1.04 bits per heavy atom. The van der Waals surface area contributed by atoms with Crippen molar-refractivity contribution in [1.82, 2.24) is 9.80 Å². The molecule has 0 spiro atoms. The van der Waals surface area contributed by atoms with Gasteiger partial charge in [0.15, 0.2) is 0 Å². The standard InChI is InChI=1S/C19H24N2O2/c1-20-10-12-21(13-11-20)9-4-14-23-19(22)18-8-7-16-5-2-3-6-17(16)15-18/h2-3,5-8,15H,4,9-14H2,1H3. The third-order valence-electron chi connectivity index (χ3n) is 4.43. The molecule has 1 fully saturated rings. The summed E-state index contributed by atoms with van der Waals surface area (Å²) in [4.78, 5) is 16.9. The molecule has 1 saturated heterocycles. The topological polar surface area (TPSA) is 32.8 Å². The van der Waals surface area contributed by atoms with Gasteiger partial charge in [-0.25, -0.2) is 4.79 Å². The molecule has 4 nitrogen and oxygen atoms in total. The fourth-order valence-corrected chi connectivity index (χ4v) is 2.92. The zero-order valence-electron chi connectivity index (χ0n) is 13.7.